The van der Waals surface area contributed by atoms with Gasteiger partial charge in [0.25, 0.3) is 0 Å². The molecule has 0 saturated carbocycles. The number of aryl methyl sites for hydroxylation is 1. The molecule has 3 rings (SSSR count). The predicted octanol–water partition coefficient (Wildman–Crippen LogP) is 4.14. The van der Waals surface area contributed by atoms with Crippen molar-refractivity contribution in [1.82, 2.24) is 4.90 Å². The van der Waals surface area contributed by atoms with Gasteiger partial charge in [0.15, 0.2) is 0 Å². The van der Waals surface area contributed by atoms with Crippen molar-refractivity contribution in [3.8, 4) is 5.75 Å². The Hall–Kier alpha value is -2.28. The second-order valence-electron chi connectivity index (χ2n) is 8.31. The molecule has 2 heterocycles. The minimum atomic E-state index is -0.574. The summed E-state index contributed by atoms with van der Waals surface area (Å²) in [6, 6.07) is 5.50. The highest BCUT2D eigenvalue weighted by atomic mass is 16.5. The number of carbonyl (C=O) groups excluding carboxylic acids is 2. The van der Waals surface area contributed by atoms with Crippen LogP contribution in [0.15, 0.2) is 18.2 Å². The van der Waals surface area contributed by atoms with Crippen molar-refractivity contribution < 1.29 is 23.8 Å². The standard InChI is InChI=1S/C23H34N2O5/c1-4-29-21(26)23(16-18-7-5-6-14-30-18)10-12-25(13-11-23)22(27)24-19-15-17(2)8-9-20(19)28-3/h8-9,15,18H,4-7,10-14,16H2,1-3H3,(H,24,27). The van der Waals surface area contributed by atoms with Gasteiger partial charge in [0, 0.05) is 19.7 Å². The van der Waals surface area contributed by atoms with Crippen LogP contribution in [-0.2, 0) is 14.3 Å². The number of hydrogen-bond donors (Lipinski definition) is 1. The molecule has 2 saturated heterocycles. The number of esters is 1. The molecule has 7 heteroatoms. The fraction of sp³-hybridized carbons (Fsp3) is 0.652. The van der Waals surface area contributed by atoms with E-state index in [0.717, 1.165) is 31.4 Å². The average molecular weight is 419 g/mol. The molecular formula is C23H34N2O5. The van der Waals surface area contributed by atoms with Crippen LogP contribution in [-0.4, -0.2) is 56.4 Å². The van der Waals surface area contributed by atoms with Gasteiger partial charge in [-0.25, -0.2) is 4.79 Å². The molecule has 1 atom stereocenters. The third-order valence-electron chi connectivity index (χ3n) is 6.21. The van der Waals surface area contributed by atoms with Gasteiger partial charge in [-0.05, 0) is 70.1 Å². The highest BCUT2D eigenvalue weighted by Gasteiger charge is 2.45. The third-order valence-corrected chi connectivity index (χ3v) is 6.21. The molecule has 2 amide bonds. The fourth-order valence-corrected chi connectivity index (χ4v) is 4.43. The normalized spacial score (nSPS) is 21.0. The molecule has 7 nitrogen and oxygen atoms in total. The number of methoxy groups -OCH3 is 1. The summed E-state index contributed by atoms with van der Waals surface area (Å²) in [6.45, 7) is 5.94. The number of carbonyl (C=O) groups is 2. The molecule has 1 aromatic carbocycles. The largest absolute Gasteiger partial charge is 0.495 e. The zero-order valence-corrected chi connectivity index (χ0v) is 18.4. The van der Waals surface area contributed by atoms with E-state index in [1.165, 1.54) is 0 Å². The van der Waals surface area contributed by atoms with Crippen molar-refractivity contribution in [3.05, 3.63) is 23.8 Å². The van der Waals surface area contributed by atoms with Gasteiger partial charge in [0.2, 0.25) is 0 Å². The summed E-state index contributed by atoms with van der Waals surface area (Å²) in [5.74, 6) is 0.473. The minimum Gasteiger partial charge on any atom is -0.495 e. The minimum absolute atomic E-state index is 0.0973. The van der Waals surface area contributed by atoms with Crippen molar-refractivity contribution in [3.63, 3.8) is 0 Å². The van der Waals surface area contributed by atoms with Crippen LogP contribution in [0.1, 0.15) is 51.0 Å². The van der Waals surface area contributed by atoms with Crippen LogP contribution in [0.25, 0.3) is 0 Å². The van der Waals surface area contributed by atoms with Crippen molar-refractivity contribution >= 4 is 17.7 Å². The second-order valence-corrected chi connectivity index (χ2v) is 8.31. The summed E-state index contributed by atoms with van der Waals surface area (Å²) in [4.78, 5) is 27.5. The van der Waals surface area contributed by atoms with Crippen LogP contribution in [0.3, 0.4) is 0 Å². The monoisotopic (exact) mass is 418 g/mol. The molecule has 0 aromatic heterocycles. The van der Waals surface area contributed by atoms with E-state index >= 15 is 0 Å². The number of anilines is 1. The number of hydrogen-bond acceptors (Lipinski definition) is 5. The van der Waals surface area contributed by atoms with E-state index in [4.69, 9.17) is 14.2 Å². The lowest BCUT2D eigenvalue weighted by molar-refractivity contribution is -0.162. The number of urea groups is 1. The maximum Gasteiger partial charge on any atom is 0.321 e. The van der Waals surface area contributed by atoms with E-state index in [1.54, 1.807) is 12.0 Å². The Balaban J connectivity index is 1.65. The molecule has 0 radical (unpaired) electrons. The SMILES string of the molecule is CCOC(=O)C1(CC2CCCCO2)CCN(C(=O)Nc2cc(C)ccc2OC)CC1. The zero-order valence-electron chi connectivity index (χ0n) is 18.4. The maximum absolute atomic E-state index is 12.9. The molecular weight excluding hydrogens is 384 g/mol. The van der Waals surface area contributed by atoms with Crippen LogP contribution < -0.4 is 10.1 Å². The predicted molar refractivity (Wildman–Crippen MR) is 115 cm³/mol. The first kappa shape index (κ1) is 22.4. The van der Waals surface area contributed by atoms with Crippen LogP contribution in [0.4, 0.5) is 10.5 Å². The molecule has 1 unspecified atom stereocenters. The molecule has 0 bridgehead atoms. The van der Waals surface area contributed by atoms with E-state index in [0.29, 0.717) is 50.4 Å². The van der Waals surface area contributed by atoms with Crippen LogP contribution in [0, 0.1) is 12.3 Å². The number of amides is 2. The fourth-order valence-electron chi connectivity index (χ4n) is 4.43. The van der Waals surface area contributed by atoms with Crippen LogP contribution >= 0.6 is 0 Å². The number of ether oxygens (including phenoxy) is 3. The maximum atomic E-state index is 12.9. The molecule has 1 N–H and O–H groups in total. The first-order valence-electron chi connectivity index (χ1n) is 11.0. The van der Waals surface area contributed by atoms with E-state index in [-0.39, 0.29) is 18.1 Å². The number of likely N-dealkylation sites (tertiary alicyclic amines) is 1. The van der Waals surface area contributed by atoms with Gasteiger partial charge in [0.1, 0.15) is 5.75 Å². The summed E-state index contributed by atoms with van der Waals surface area (Å²) in [5.41, 5.74) is 1.12. The van der Waals surface area contributed by atoms with E-state index in [9.17, 15) is 9.59 Å². The number of nitrogens with one attached hydrogen (secondary N) is 1. The van der Waals surface area contributed by atoms with Gasteiger partial charge in [0.05, 0.1) is 30.9 Å². The molecule has 2 aliphatic rings. The number of benzene rings is 1. The molecule has 0 spiro atoms. The van der Waals surface area contributed by atoms with Gasteiger partial charge < -0.3 is 24.4 Å². The molecule has 1 aromatic rings. The lowest BCUT2D eigenvalue weighted by Crippen LogP contribution is -2.49. The highest BCUT2D eigenvalue weighted by molar-refractivity contribution is 5.91. The summed E-state index contributed by atoms with van der Waals surface area (Å²) in [7, 11) is 1.59. The van der Waals surface area contributed by atoms with E-state index in [2.05, 4.69) is 5.32 Å². The van der Waals surface area contributed by atoms with Crippen LogP contribution in [0.2, 0.25) is 0 Å². The van der Waals surface area contributed by atoms with Crippen LogP contribution in [0.5, 0.6) is 5.75 Å². The van der Waals surface area contributed by atoms with Gasteiger partial charge >= 0.3 is 12.0 Å². The lowest BCUT2D eigenvalue weighted by Gasteiger charge is -2.42. The lowest BCUT2D eigenvalue weighted by atomic mass is 9.73. The van der Waals surface area contributed by atoms with Gasteiger partial charge in [-0.3, -0.25) is 4.79 Å². The Morgan fingerprint density at radius 2 is 2.03 bits per heavy atom. The first-order chi connectivity index (χ1) is 14.5. The Labute approximate surface area is 179 Å². The third kappa shape index (κ3) is 5.25. The topological polar surface area (TPSA) is 77.1 Å². The number of nitrogens with zero attached hydrogens (tertiary/aromatic N) is 1. The first-order valence-corrected chi connectivity index (χ1v) is 11.0. The van der Waals surface area contributed by atoms with Crippen molar-refractivity contribution in [2.24, 2.45) is 5.41 Å². The van der Waals surface area contributed by atoms with E-state index in [1.807, 2.05) is 32.0 Å². The number of piperidine rings is 1. The number of rotatable bonds is 6. The van der Waals surface area contributed by atoms with Gasteiger partial charge in [-0.1, -0.05) is 6.07 Å². The summed E-state index contributed by atoms with van der Waals surface area (Å²) >= 11 is 0. The smallest absolute Gasteiger partial charge is 0.321 e. The molecule has 2 aliphatic heterocycles. The van der Waals surface area contributed by atoms with Gasteiger partial charge in [-0.2, -0.15) is 0 Å². The second kappa shape index (κ2) is 10.2. The molecule has 0 aliphatic carbocycles. The molecule has 2 fully saturated rings. The van der Waals surface area contributed by atoms with Crippen molar-refractivity contribution in [2.75, 3.05) is 38.7 Å². The zero-order chi connectivity index (χ0) is 21.6. The summed E-state index contributed by atoms with van der Waals surface area (Å²) < 4.78 is 16.7. The Bertz CT molecular complexity index is 737. The van der Waals surface area contributed by atoms with E-state index < -0.39 is 5.41 Å². The van der Waals surface area contributed by atoms with Crippen molar-refractivity contribution in [1.29, 1.82) is 0 Å². The average Bonchev–Trinajstić information content (AvgIpc) is 2.75. The van der Waals surface area contributed by atoms with Gasteiger partial charge in [-0.15, -0.1) is 0 Å². The highest BCUT2D eigenvalue weighted by Crippen LogP contribution is 2.40. The summed E-state index contributed by atoms with van der Waals surface area (Å²) in [6.07, 6.45) is 5.15. The quantitative estimate of drug-likeness (QED) is 0.703. The molecule has 30 heavy (non-hydrogen) atoms. The Morgan fingerprint density at radius 1 is 1.27 bits per heavy atom. The Morgan fingerprint density at radius 3 is 2.67 bits per heavy atom. The van der Waals surface area contributed by atoms with Crippen molar-refractivity contribution in [2.45, 2.75) is 58.5 Å². The summed E-state index contributed by atoms with van der Waals surface area (Å²) in [5, 5.41) is 2.96. The molecule has 166 valence electrons. The Kier molecular flexibility index (Phi) is 7.58.